The lowest BCUT2D eigenvalue weighted by molar-refractivity contribution is -0.166. The minimum atomic E-state index is -0.775. The zero-order chi connectivity index (χ0) is 14.0. The normalized spacial score (nSPS) is 16.6. The zero-order valence-corrected chi connectivity index (χ0v) is 11.5. The number of carbonyl (C=O) groups is 1. The topological polar surface area (TPSA) is 59.0 Å². The van der Waals surface area contributed by atoms with E-state index in [0.29, 0.717) is 0 Å². The van der Waals surface area contributed by atoms with Gasteiger partial charge in [0.25, 0.3) is 0 Å². The van der Waals surface area contributed by atoms with Gasteiger partial charge in [-0.15, -0.1) is 0 Å². The third-order valence-corrected chi connectivity index (χ3v) is 3.58. The van der Waals surface area contributed by atoms with Gasteiger partial charge in [-0.25, -0.2) is 0 Å². The average Bonchev–Trinajstić information content (AvgIpc) is 2.37. The largest absolute Gasteiger partial charge is 0.496 e. The van der Waals surface area contributed by atoms with Gasteiger partial charge in [0.15, 0.2) is 0 Å². The molecule has 0 radical (unpaired) electrons. The van der Waals surface area contributed by atoms with Crippen LogP contribution in [0.1, 0.15) is 5.56 Å². The van der Waals surface area contributed by atoms with Crippen molar-refractivity contribution >= 4 is 11.6 Å². The highest BCUT2D eigenvalue weighted by molar-refractivity contribution is 5.98. The molecule has 0 atom stereocenters. The summed E-state index contributed by atoms with van der Waals surface area (Å²) in [6, 6.07) is 5.55. The Balaban J connectivity index is 2.22. The molecule has 104 valence electrons. The Kier molecular flexibility index (Phi) is 3.78. The molecule has 19 heavy (non-hydrogen) atoms. The molecular formula is C14H19NO4. The summed E-state index contributed by atoms with van der Waals surface area (Å²) in [6.07, 6.45) is 0. The van der Waals surface area contributed by atoms with Crippen LogP contribution in [0.15, 0.2) is 18.2 Å². The van der Waals surface area contributed by atoms with Gasteiger partial charge in [0.2, 0.25) is 5.91 Å². The second kappa shape index (κ2) is 5.19. The number of ether oxygens (including phenoxy) is 2. The Bertz CT molecular complexity index is 477. The van der Waals surface area contributed by atoms with Crippen LogP contribution in [0, 0.1) is 12.3 Å². The van der Waals surface area contributed by atoms with Gasteiger partial charge < -0.3 is 19.5 Å². The molecular weight excluding hydrogens is 246 g/mol. The Hall–Kier alpha value is -1.59. The maximum atomic E-state index is 12.4. The molecule has 0 saturated carbocycles. The summed E-state index contributed by atoms with van der Waals surface area (Å²) in [4.78, 5) is 14.0. The zero-order valence-electron chi connectivity index (χ0n) is 11.5. The van der Waals surface area contributed by atoms with Crippen LogP contribution >= 0.6 is 0 Å². The van der Waals surface area contributed by atoms with Crippen LogP contribution in [-0.2, 0) is 9.53 Å². The number of aliphatic hydroxyl groups excluding tert-OH is 1. The predicted molar refractivity (Wildman–Crippen MR) is 71.5 cm³/mol. The molecule has 0 aliphatic carbocycles. The van der Waals surface area contributed by atoms with Crippen molar-refractivity contribution in [2.75, 3.05) is 38.9 Å². The lowest BCUT2D eigenvalue weighted by Gasteiger charge is -2.40. The molecule has 1 saturated heterocycles. The van der Waals surface area contributed by atoms with Crippen molar-refractivity contribution in [1.29, 1.82) is 0 Å². The summed E-state index contributed by atoms with van der Waals surface area (Å²) in [6.45, 7) is 2.30. The molecule has 0 aromatic heterocycles. The maximum absolute atomic E-state index is 12.4. The lowest BCUT2D eigenvalue weighted by atomic mass is 9.85. The molecule has 1 amide bonds. The molecule has 0 unspecified atom stereocenters. The first kappa shape index (κ1) is 13.8. The van der Waals surface area contributed by atoms with Crippen LogP contribution in [0.4, 0.5) is 5.69 Å². The fourth-order valence-corrected chi connectivity index (χ4v) is 2.18. The van der Waals surface area contributed by atoms with Crippen LogP contribution in [0.3, 0.4) is 0 Å². The number of methoxy groups -OCH3 is 1. The molecule has 1 N–H and O–H groups in total. The van der Waals surface area contributed by atoms with Crippen LogP contribution in [0.5, 0.6) is 5.75 Å². The van der Waals surface area contributed by atoms with Crippen LogP contribution in [-0.4, -0.2) is 45.0 Å². The molecule has 1 fully saturated rings. The monoisotopic (exact) mass is 265 g/mol. The highest BCUT2D eigenvalue weighted by atomic mass is 16.5. The van der Waals surface area contributed by atoms with E-state index < -0.39 is 5.41 Å². The highest BCUT2D eigenvalue weighted by Gasteiger charge is 2.47. The summed E-state index contributed by atoms with van der Waals surface area (Å²) in [5.41, 5.74) is 0.966. The Morgan fingerprint density at radius 2 is 2.21 bits per heavy atom. The first-order valence-electron chi connectivity index (χ1n) is 6.15. The summed E-state index contributed by atoms with van der Waals surface area (Å²) in [7, 11) is 3.32. The van der Waals surface area contributed by atoms with E-state index in [-0.39, 0.29) is 25.7 Å². The first-order chi connectivity index (χ1) is 9.04. The molecule has 1 aromatic carbocycles. The number of nitrogens with zero attached hydrogens (tertiary/aromatic N) is 1. The number of aliphatic hydroxyl groups is 1. The van der Waals surface area contributed by atoms with E-state index in [1.54, 1.807) is 19.1 Å². The minimum Gasteiger partial charge on any atom is -0.496 e. The van der Waals surface area contributed by atoms with Crippen molar-refractivity contribution in [3.05, 3.63) is 23.8 Å². The Morgan fingerprint density at radius 3 is 2.63 bits per heavy atom. The van der Waals surface area contributed by atoms with E-state index >= 15 is 0 Å². The number of carbonyl (C=O) groups excluding carboxylic acids is 1. The van der Waals surface area contributed by atoms with E-state index in [9.17, 15) is 9.90 Å². The molecule has 0 spiro atoms. The van der Waals surface area contributed by atoms with Gasteiger partial charge in [0, 0.05) is 12.7 Å². The molecule has 1 aliphatic rings. The summed E-state index contributed by atoms with van der Waals surface area (Å²) in [5.74, 6) is 0.666. The van der Waals surface area contributed by atoms with Gasteiger partial charge in [-0.3, -0.25) is 4.79 Å². The first-order valence-corrected chi connectivity index (χ1v) is 6.15. The molecule has 1 heterocycles. The minimum absolute atomic E-state index is 0.120. The van der Waals surface area contributed by atoms with Crippen molar-refractivity contribution in [2.24, 2.45) is 5.41 Å². The molecule has 1 aliphatic heterocycles. The van der Waals surface area contributed by atoms with Gasteiger partial charge in [0.1, 0.15) is 11.2 Å². The van der Waals surface area contributed by atoms with Gasteiger partial charge in [-0.1, -0.05) is 0 Å². The van der Waals surface area contributed by atoms with Crippen molar-refractivity contribution in [3.63, 3.8) is 0 Å². The number of aryl methyl sites for hydroxylation is 1. The number of amides is 1. The number of anilines is 1. The molecule has 1 aromatic rings. The van der Waals surface area contributed by atoms with Crippen molar-refractivity contribution in [3.8, 4) is 5.75 Å². The van der Waals surface area contributed by atoms with E-state index in [2.05, 4.69) is 0 Å². The summed E-state index contributed by atoms with van der Waals surface area (Å²) in [5, 5.41) is 9.39. The third kappa shape index (κ3) is 2.31. The molecule has 5 heteroatoms. The van der Waals surface area contributed by atoms with Gasteiger partial charge in [-0.2, -0.15) is 0 Å². The van der Waals surface area contributed by atoms with Crippen molar-refractivity contribution < 1.29 is 19.4 Å². The van der Waals surface area contributed by atoms with Crippen molar-refractivity contribution in [2.45, 2.75) is 6.92 Å². The number of benzene rings is 1. The number of hydrogen-bond donors (Lipinski definition) is 1. The fourth-order valence-electron chi connectivity index (χ4n) is 2.18. The van der Waals surface area contributed by atoms with Gasteiger partial charge in [0.05, 0.1) is 26.9 Å². The number of hydrogen-bond acceptors (Lipinski definition) is 4. The molecule has 0 bridgehead atoms. The predicted octanol–water partition coefficient (Wildman–Crippen LogP) is 0.975. The quantitative estimate of drug-likeness (QED) is 0.881. The highest BCUT2D eigenvalue weighted by Crippen LogP contribution is 2.32. The second-order valence-corrected chi connectivity index (χ2v) is 4.95. The standard InChI is InChI=1S/C14H19NO4/c1-10-6-11(4-5-12(10)18-3)15(2)13(17)14(7-16)8-19-9-14/h4-6,16H,7-9H2,1-3H3. The molecule has 5 nitrogen and oxygen atoms in total. The van der Waals surface area contributed by atoms with Gasteiger partial charge >= 0.3 is 0 Å². The van der Waals surface area contributed by atoms with E-state index in [0.717, 1.165) is 17.0 Å². The fraction of sp³-hybridized carbons (Fsp3) is 0.500. The third-order valence-electron chi connectivity index (χ3n) is 3.58. The van der Waals surface area contributed by atoms with Crippen molar-refractivity contribution in [1.82, 2.24) is 0 Å². The van der Waals surface area contributed by atoms with Crippen LogP contribution in [0.2, 0.25) is 0 Å². The van der Waals surface area contributed by atoms with E-state index in [4.69, 9.17) is 9.47 Å². The summed E-state index contributed by atoms with van der Waals surface area (Å²) < 4.78 is 10.3. The number of rotatable bonds is 4. The second-order valence-electron chi connectivity index (χ2n) is 4.95. The smallest absolute Gasteiger partial charge is 0.239 e. The maximum Gasteiger partial charge on any atom is 0.239 e. The van der Waals surface area contributed by atoms with E-state index in [1.807, 2.05) is 25.1 Å². The lowest BCUT2D eigenvalue weighted by Crippen LogP contribution is -2.56. The van der Waals surface area contributed by atoms with E-state index in [1.165, 1.54) is 0 Å². The van der Waals surface area contributed by atoms with Crippen LogP contribution < -0.4 is 9.64 Å². The Morgan fingerprint density at radius 1 is 1.53 bits per heavy atom. The Labute approximate surface area is 112 Å². The van der Waals surface area contributed by atoms with Crippen LogP contribution in [0.25, 0.3) is 0 Å². The van der Waals surface area contributed by atoms with Gasteiger partial charge in [-0.05, 0) is 30.7 Å². The summed E-state index contributed by atoms with van der Waals surface area (Å²) >= 11 is 0. The average molecular weight is 265 g/mol. The molecule has 2 rings (SSSR count). The SMILES string of the molecule is COc1ccc(N(C)C(=O)C2(CO)COC2)cc1C.